The minimum absolute atomic E-state index is 0.734. The molecule has 1 aliphatic rings. The second-order valence-corrected chi connectivity index (χ2v) is 5.54. The first-order valence-corrected chi connectivity index (χ1v) is 10.4. The van der Waals surface area contributed by atoms with E-state index >= 15 is 0 Å². The molecule has 0 N–H and O–H groups in total. The molecule has 1 fully saturated rings. The third kappa shape index (κ3) is 34.7. The van der Waals surface area contributed by atoms with Gasteiger partial charge in [0, 0.05) is 0 Å². The number of hydrogen-bond acceptors (Lipinski definition) is 1. The average Bonchev–Trinajstić information content (AvgIpc) is 2.59. The second kappa shape index (κ2) is 30.3. The van der Waals surface area contributed by atoms with Crippen LogP contribution in [0.4, 0.5) is 0 Å². The summed E-state index contributed by atoms with van der Waals surface area (Å²) < 4.78 is 4.30. The monoisotopic (exact) mass is 406 g/mol. The van der Waals surface area contributed by atoms with Crippen LogP contribution in [0, 0.1) is 0 Å². The van der Waals surface area contributed by atoms with Crippen LogP contribution in [-0.2, 0) is 20.9 Å². The summed E-state index contributed by atoms with van der Waals surface area (Å²) in [5, 5.41) is 11.9. The van der Waals surface area contributed by atoms with E-state index in [0.29, 0.717) is 0 Å². The van der Waals surface area contributed by atoms with E-state index in [0.717, 1.165) is 45.3 Å². The molecule has 0 heterocycles. The van der Waals surface area contributed by atoms with E-state index in [1.807, 2.05) is 41.5 Å². The summed E-state index contributed by atoms with van der Waals surface area (Å²) in [4.78, 5) is 0. The molecule has 0 spiro atoms. The fourth-order valence-electron chi connectivity index (χ4n) is 1.87. The van der Waals surface area contributed by atoms with Crippen molar-refractivity contribution in [3.8, 4) is 0 Å². The van der Waals surface area contributed by atoms with Crippen molar-refractivity contribution < 1.29 is 20.9 Å². The van der Waals surface area contributed by atoms with E-state index in [4.69, 9.17) is 0 Å². The molecule has 0 radical (unpaired) electrons. The van der Waals surface area contributed by atoms with E-state index in [9.17, 15) is 0 Å². The van der Waals surface area contributed by atoms with Gasteiger partial charge < -0.3 is 16.0 Å². The van der Waals surface area contributed by atoms with Crippen LogP contribution in [0.1, 0.15) is 73.6 Å². The van der Waals surface area contributed by atoms with Crippen molar-refractivity contribution in [3.05, 3.63) is 16.0 Å². The van der Waals surface area contributed by atoms with Gasteiger partial charge in [0.2, 0.25) is 0 Å². The summed E-state index contributed by atoms with van der Waals surface area (Å²) in [5.74, 6) is 0. The molecule has 0 atom stereocenters. The fraction of sp³-hybridized carbons (Fsp3) is 1.00. The summed E-state index contributed by atoms with van der Waals surface area (Å²) in [6.07, 6.45) is 6.98. The van der Waals surface area contributed by atoms with E-state index in [2.05, 4.69) is 19.3 Å². The van der Waals surface area contributed by atoms with Crippen LogP contribution in [0.3, 0.4) is 0 Å². The fourth-order valence-corrected chi connectivity index (χ4v) is 2.43. The zero-order chi connectivity index (χ0) is 18.2. The van der Waals surface area contributed by atoms with Crippen molar-refractivity contribution in [3.63, 3.8) is 0 Å². The molecule has 23 heavy (non-hydrogen) atoms. The number of nitrogens with zero attached hydrogens (tertiary/aromatic N) is 4. The van der Waals surface area contributed by atoms with Crippen molar-refractivity contribution in [2.75, 3.05) is 39.3 Å². The molecule has 1 saturated carbocycles. The van der Waals surface area contributed by atoms with Crippen molar-refractivity contribution >= 4 is 0 Å². The van der Waals surface area contributed by atoms with Gasteiger partial charge in [0.25, 0.3) is 0 Å². The zero-order valence-electron chi connectivity index (χ0n) is 16.6. The van der Waals surface area contributed by atoms with Crippen LogP contribution >= 0.6 is 0 Å². The zero-order valence-corrected chi connectivity index (χ0v) is 18.8. The van der Waals surface area contributed by atoms with Gasteiger partial charge >= 0.3 is 62.4 Å². The van der Waals surface area contributed by atoms with Crippen LogP contribution in [0.2, 0.25) is 0 Å². The first kappa shape index (κ1) is 28.2. The van der Waals surface area contributed by atoms with Gasteiger partial charge in [0.15, 0.2) is 0 Å². The predicted molar refractivity (Wildman–Crippen MR) is 103 cm³/mol. The molecule has 0 amide bonds. The first-order chi connectivity index (χ1) is 11.2. The molecular weight excluding hydrogens is 365 g/mol. The molecular formula is C18H41N4Nb-3. The standard InChI is InChI=1S/C6H11N.3C4H10N.Nb/c7-6-4-2-1-3-5-6;3*1-3-5-4-2;/h6H,1-5H2;3*3-4H2,1-2H3;/q;3*-1;. The summed E-state index contributed by atoms with van der Waals surface area (Å²) >= 11 is 1.62. The molecule has 5 heteroatoms. The Balaban J connectivity index is -0.000000240. The molecule has 141 valence electrons. The maximum atomic E-state index is 4.30. The van der Waals surface area contributed by atoms with Gasteiger partial charge in [0.1, 0.15) is 0 Å². The van der Waals surface area contributed by atoms with Crippen molar-refractivity contribution in [1.29, 1.82) is 0 Å². The Morgan fingerprint density at radius 3 is 1.09 bits per heavy atom. The third-order valence-corrected chi connectivity index (χ3v) is 3.88. The van der Waals surface area contributed by atoms with E-state index in [1.165, 1.54) is 32.1 Å². The Hall–Kier alpha value is 0.420. The Bertz CT molecular complexity index is 166. The van der Waals surface area contributed by atoms with Crippen molar-refractivity contribution in [2.45, 2.75) is 79.7 Å². The average molecular weight is 406 g/mol. The van der Waals surface area contributed by atoms with Crippen LogP contribution < -0.4 is 0 Å². The topological polar surface area (TPSA) is 54.7 Å². The van der Waals surface area contributed by atoms with Crippen LogP contribution in [0.15, 0.2) is 3.34 Å². The van der Waals surface area contributed by atoms with Gasteiger partial charge in [-0.1, -0.05) is 41.5 Å². The maximum absolute atomic E-state index is 4.30. The summed E-state index contributed by atoms with van der Waals surface area (Å²) in [7, 11) is 0. The van der Waals surface area contributed by atoms with Crippen LogP contribution in [0.25, 0.3) is 16.0 Å². The molecule has 0 aliphatic heterocycles. The molecule has 0 aromatic heterocycles. The number of hydrogen-bond donors (Lipinski definition) is 0. The molecule has 0 saturated heterocycles. The minimum atomic E-state index is 0.734. The molecule has 0 bridgehead atoms. The SMILES string of the molecule is CC[N-]CC.CC[N-]CC.CC[N-]CC.[Nb]=[N]C1CCCCC1. The predicted octanol–water partition coefficient (Wildman–Crippen LogP) is 6.25. The Labute approximate surface area is 159 Å². The van der Waals surface area contributed by atoms with Crippen molar-refractivity contribution in [2.24, 2.45) is 3.34 Å². The van der Waals surface area contributed by atoms with Gasteiger partial charge in [-0.25, -0.2) is 0 Å². The summed E-state index contributed by atoms with van der Waals surface area (Å²) in [6.45, 7) is 18.1. The van der Waals surface area contributed by atoms with E-state index in [-0.39, 0.29) is 0 Å². The van der Waals surface area contributed by atoms with E-state index < -0.39 is 0 Å². The molecule has 4 nitrogen and oxygen atoms in total. The second-order valence-electron chi connectivity index (χ2n) is 4.98. The van der Waals surface area contributed by atoms with Gasteiger partial charge in [-0.05, 0) is 0 Å². The number of rotatable bonds is 7. The quantitative estimate of drug-likeness (QED) is 0.449. The Morgan fingerprint density at radius 1 is 0.652 bits per heavy atom. The molecule has 1 rings (SSSR count). The summed E-state index contributed by atoms with van der Waals surface area (Å²) in [6, 6.07) is 0.734. The van der Waals surface area contributed by atoms with Crippen LogP contribution in [0.5, 0.6) is 0 Å². The van der Waals surface area contributed by atoms with Crippen LogP contribution in [-0.4, -0.2) is 45.3 Å². The molecule has 0 unspecified atom stereocenters. The summed E-state index contributed by atoms with van der Waals surface area (Å²) in [5.41, 5.74) is 0. The first-order valence-electron chi connectivity index (χ1n) is 9.41. The van der Waals surface area contributed by atoms with Gasteiger partial charge in [0.05, 0.1) is 0 Å². The molecule has 0 aromatic carbocycles. The normalized spacial score (nSPS) is 13.4. The Kier molecular flexibility index (Phi) is 37.2. The molecule has 1 aliphatic carbocycles. The molecule has 0 aromatic rings. The van der Waals surface area contributed by atoms with Gasteiger partial charge in [-0.2, -0.15) is 39.3 Å². The Morgan fingerprint density at radius 2 is 0.957 bits per heavy atom. The van der Waals surface area contributed by atoms with Gasteiger partial charge in [-0.15, -0.1) is 0 Å². The van der Waals surface area contributed by atoms with E-state index in [1.54, 1.807) is 20.9 Å². The van der Waals surface area contributed by atoms with Crippen molar-refractivity contribution in [1.82, 2.24) is 0 Å². The third-order valence-electron chi connectivity index (χ3n) is 3.08. The van der Waals surface area contributed by atoms with Gasteiger partial charge in [-0.3, -0.25) is 0 Å².